The lowest BCUT2D eigenvalue weighted by atomic mass is 10.1. The predicted molar refractivity (Wildman–Crippen MR) is 77.0 cm³/mol. The number of nitrogens with zero attached hydrogens (tertiary/aromatic N) is 2. The van der Waals surface area contributed by atoms with Crippen molar-refractivity contribution in [2.24, 2.45) is 7.05 Å². The predicted octanol–water partition coefficient (Wildman–Crippen LogP) is 3.27. The van der Waals surface area contributed by atoms with E-state index in [2.05, 4.69) is 5.10 Å². The van der Waals surface area contributed by atoms with Gasteiger partial charge in [-0.3, -0.25) is 9.48 Å². The van der Waals surface area contributed by atoms with E-state index in [0.29, 0.717) is 11.3 Å². The molecule has 0 aliphatic carbocycles. The van der Waals surface area contributed by atoms with E-state index < -0.39 is 0 Å². The Kier molecular flexibility index (Phi) is 2.93. The van der Waals surface area contributed by atoms with Crippen LogP contribution >= 0.6 is 0 Å². The quantitative estimate of drug-likeness (QED) is 0.685. The lowest BCUT2D eigenvalue weighted by molar-refractivity contribution is 0.101. The van der Waals surface area contributed by atoms with Crippen molar-refractivity contribution in [1.29, 1.82) is 0 Å². The Hall–Kier alpha value is -2.36. The highest BCUT2D eigenvalue weighted by atomic mass is 16.3. The molecule has 0 N–H and O–H groups in total. The van der Waals surface area contributed by atoms with E-state index in [9.17, 15) is 4.79 Å². The van der Waals surface area contributed by atoms with Crippen LogP contribution in [0.2, 0.25) is 0 Å². The smallest absolute Gasteiger partial charge is 0.231 e. The zero-order chi connectivity index (χ0) is 14.3. The van der Waals surface area contributed by atoms with Crippen molar-refractivity contribution in [2.45, 2.75) is 20.3 Å². The van der Waals surface area contributed by atoms with Gasteiger partial charge in [0, 0.05) is 18.6 Å². The zero-order valence-electron chi connectivity index (χ0n) is 11.8. The summed E-state index contributed by atoms with van der Waals surface area (Å²) in [6.07, 6.45) is 2.47. The number of rotatable bonds is 3. The number of aromatic nitrogens is 2. The van der Waals surface area contributed by atoms with Gasteiger partial charge >= 0.3 is 0 Å². The molecule has 0 aliphatic rings. The second-order valence-corrected chi connectivity index (χ2v) is 5.00. The van der Waals surface area contributed by atoms with Crippen LogP contribution in [-0.2, 0) is 13.5 Å². The number of fused-ring (bicyclic) bond motifs is 1. The maximum atomic E-state index is 12.5. The maximum absolute atomic E-state index is 12.5. The summed E-state index contributed by atoms with van der Waals surface area (Å²) in [6, 6.07) is 7.68. The first-order valence-corrected chi connectivity index (χ1v) is 6.66. The minimum Gasteiger partial charge on any atom is -0.453 e. The van der Waals surface area contributed by atoms with Crippen LogP contribution in [0.3, 0.4) is 0 Å². The largest absolute Gasteiger partial charge is 0.453 e. The molecule has 0 atom stereocenters. The summed E-state index contributed by atoms with van der Waals surface area (Å²) in [7, 11) is 1.82. The highest BCUT2D eigenvalue weighted by Crippen LogP contribution is 2.23. The molecule has 3 aromatic rings. The van der Waals surface area contributed by atoms with Gasteiger partial charge in [-0.05, 0) is 31.5 Å². The topological polar surface area (TPSA) is 48.0 Å². The number of ketones is 1. The van der Waals surface area contributed by atoms with Gasteiger partial charge in [0.2, 0.25) is 5.78 Å². The van der Waals surface area contributed by atoms with Crippen LogP contribution in [0.15, 0.2) is 34.9 Å². The second kappa shape index (κ2) is 4.63. The summed E-state index contributed by atoms with van der Waals surface area (Å²) < 4.78 is 7.33. The Balaban J connectivity index is 2.07. The van der Waals surface area contributed by atoms with Crippen LogP contribution in [0.4, 0.5) is 0 Å². The Morgan fingerprint density at radius 1 is 1.35 bits per heavy atom. The molecule has 0 amide bonds. The summed E-state index contributed by atoms with van der Waals surface area (Å²) in [5.74, 6) is 0.261. The van der Waals surface area contributed by atoms with Crippen molar-refractivity contribution in [3.05, 3.63) is 53.0 Å². The molecule has 0 saturated carbocycles. The highest BCUT2D eigenvalue weighted by Gasteiger charge is 2.19. The van der Waals surface area contributed by atoms with Crippen LogP contribution in [0.25, 0.3) is 11.0 Å². The van der Waals surface area contributed by atoms with Crippen molar-refractivity contribution in [3.8, 4) is 0 Å². The first-order valence-electron chi connectivity index (χ1n) is 6.66. The summed E-state index contributed by atoms with van der Waals surface area (Å²) in [5.41, 5.74) is 3.30. The standard InChI is InChI=1S/C16H16N2O2/c1-4-13-12(9-18(3)17-13)16(19)15-8-11-7-10(2)5-6-14(11)20-15/h5-9H,4H2,1-3H3. The Labute approximate surface area is 117 Å². The summed E-state index contributed by atoms with van der Waals surface area (Å²) in [4.78, 5) is 12.5. The molecule has 0 bridgehead atoms. The van der Waals surface area contributed by atoms with E-state index in [1.165, 1.54) is 0 Å². The minimum atomic E-state index is -0.108. The molecule has 0 saturated heterocycles. The van der Waals surface area contributed by atoms with Gasteiger partial charge in [0.25, 0.3) is 0 Å². The number of hydrogen-bond donors (Lipinski definition) is 0. The van der Waals surface area contributed by atoms with Gasteiger partial charge in [0.15, 0.2) is 5.76 Å². The summed E-state index contributed by atoms with van der Waals surface area (Å²) in [6.45, 7) is 4.01. The Morgan fingerprint density at radius 3 is 2.90 bits per heavy atom. The summed E-state index contributed by atoms with van der Waals surface area (Å²) >= 11 is 0. The van der Waals surface area contributed by atoms with Crippen molar-refractivity contribution in [3.63, 3.8) is 0 Å². The fourth-order valence-electron chi connectivity index (χ4n) is 2.39. The Bertz CT molecular complexity index is 796. The monoisotopic (exact) mass is 268 g/mol. The first kappa shape index (κ1) is 12.7. The van der Waals surface area contributed by atoms with Crippen molar-refractivity contribution in [1.82, 2.24) is 9.78 Å². The van der Waals surface area contributed by atoms with Gasteiger partial charge in [-0.1, -0.05) is 18.6 Å². The number of furan rings is 1. The van der Waals surface area contributed by atoms with Gasteiger partial charge in [-0.2, -0.15) is 5.10 Å². The minimum absolute atomic E-state index is 0.108. The van der Waals surface area contributed by atoms with E-state index in [4.69, 9.17) is 4.42 Å². The van der Waals surface area contributed by atoms with Gasteiger partial charge < -0.3 is 4.42 Å². The molecule has 2 heterocycles. The lowest BCUT2D eigenvalue weighted by Gasteiger charge is -1.95. The molecule has 0 aliphatic heterocycles. The van der Waals surface area contributed by atoms with Crippen LogP contribution in [0.1, 0.15) is 34.3 Å². The molecule has 2 aromatic heterocycles. The highest BCUT2D eigenvalue weighted by molar-refractivity contribution is 6.09. The van der Waals surface area contributed by atoms with E-state index in [1.54, 1.807) is 16.9 Å². The number of hydrogen-bond acceptors (Lipinski definition) is 3. The molecule has 102 valence electrons. The molecule has 0 unspecified atom stereocenters. The van der Waals surface area contributed by atoms with E-state index in [1.807, 2.05) is 39.1 Å². The molecule has 0 fully saturated rings. The normalized spacial score (nSPS) is 11.2. The van der Waals surface area contributed by atoms with Crippen molar-refractivity contribution >= 4 is 16.8 Å². The van der Waals surface area contributed by atoms with Gasteiger partial charge in [-0.15, -0.1) is 0 Å². The van der Waals surface area contributed by atoms with Crippen LogP contribution in [0.5, 0.6) is 0 Å². The van der Waals surface area contributed by atoms with Crippen LogP contribution in [0, 0.1) is 6.92 Å². The number of benzene rings is 1. The van der Waals surface area contributed by atoms with Crippen LogP contribution < -0.4 is 0 Å². The maximum Gasteiger partial charge on any atom is 0.231 e. The molecule has 20 heavy (non-hydrogen) atoms. The number of carbonyl (C=O) groups is 1. The zero-order valence-corrected chi connectivity index (χ0v) is 11.8. The fraction of sp³-hybridized carbons (Fsp3) is 0.250. The molecule has 4 nitrogen and oxygen atoms in total. The summed E-state index contributed by atoms with van der Waals surface area (Å²) in [5, 5.41) is 5.25. The van der Waals surface area contributed by atoms with Gasteiger partial charge in [0.05, 0.1) is 11.3 Å². The molecule has 1 aromatic carbocycles. The molecular formula is C16H16N2O2. The molecule has 4 heteroatoms. The third-order valence-electron chi connectivity index (χ3n) is 3.38. The average Bonchev–Trinajstić information content (AvgIpc) is 3.00. The Morgan fingerprint density at radius 2 is 2.15 bits per heavy atom. The average molecular weight is 268 g/mol. The number of aryl methyl sites for hydroxylation is 3. The van der Waals surface area contributed by atoms with Gasteiger partial charge in [-0.25, -0.2) is 0 Å². The van der Waals surface area contributed by atoms with E-state index in [0.717, 1.165) is 28.6 Å². The molecule has 0 radical (unpaired) electrons. The second-order valence-electron chi connectivity index (χ2n) is 5.00. The van der Waals surface area contributed by atoms with E-state index >= 15 is 0 Å². The van der Waals surface area contributed by atoms with Gasteiger partial charge in [0.1, 0.15) is 5.58 Å². The molecular weight excluding hydrogens is 252 g/mol. The molecule has 0 spiro atoms. The fourth-order valence-corrected chi connectivity index (χ4v) is 2.39. The van der Waals surface area contributed by atoms with Crippen LogP contribution in [-0.4, -0.2) is 15.6 Å². The lowest BCUT2D eigenvalue weighted by Crippen LogP contribution is -2.01. The SMILES string of the molecule is CCc1nn(C)cc1C(=O)c1cc2cc(C)ccc2o1. The van der Waals surface area contributed by atoms with Crippen molar-refractivity contribution < 1.29 is 9.21 Å². The third kappa shape index (κ3) is 2.03. The van der Waals surface area contributed by atoms with Crippen molar-refractivity contribution in [2.75, 3.05) is 0 Å². The van der Waals surface area contributed by atoms with E-state index in [-0.39, 0.29) is 5.78 Å². The molecule has 3 rings (SSSR count). The first-order chi connectivity index (χ1) is 9.58. The third-order valence-corrected chi connectivity index (χ3v) is 3.38. The number of carbonyl (C=O) groups excluding carboxylic acids is 1.